The molecule has 7 N–H and O–H groups in total. The largest absolute Gasteiger partial charge is 0.479 e. The number of aliphatic hydroxyl groups is 2. The average molecular weight is 783 g/mol. The zero-order chi connectivity index (χ0) is 41.5. The Hall–Kier alpha value is -4.39. The standard InChI is InChI=1S/C37H58N4O14/c1-8-24(9-2)54-28-15-22(34(47)52-12-5)13-26(32(28)38-20(6)43)40-30(45)17-37(51,36(49)50)18-31(46)41-27-14-23(35(48)53-19-42)16-29(33(27)39-21(7)44)55-25(10-3)11-4/h15-16,24-29,32-33,42,51H,8-14,17-19H2,1-7H3,(H,38,43)(H,39,44)(H,40,45)(H,41,46)(H,49,50)/t26-,27-,28+,29+,32+,33+,37?/m0/s1. The third-order valence-corrected chi connectivity index (χ3v) is 9.44. The number of amides is 4. The van der Waals surface area contributed by atoms with E-state index in [1.807, 2.05) is 27.7 Å². The van der Waals surface area contributed by atoms with Gasteiger partial charge in [-0.3, -0.25) is 19.2 Å². The summed E-state index contributed by atoms with van der Waals surface area (Å²) in [4.78, 5) is 89.6. The van der Waals surface area contributed by atoms with Crippen LogP contribution in [0.15, 0.2) is 23.3 Å². The molecule has 0 saturated heterocycles. The molecular formula is C37H58N4O14. The number of carboxylic acids is 1. The Morgan fingerprint density at radius 2 is 1.07 bits per heavy atom. The number of carboxylic acid groups (broad SMARTS) is 1. The fourth-order valence-electron chi connectivity index (χ4n) is 6.64. The van der Waals surface area contributed by atoms with Crippen LogP contribution in [0.2, 0.25) is 0 Å². The number of carbonyl (C=O) groups excluding carboxylic acids is 6. The van der Waals surface area contributed by atoms with Crippen molar-refractivity contribution < 1.29 is 67.8 Å². The number of esters is 2. The van der Waals surface area contributed by atoms with Crippen molar-refractivity contribution in [1.29, 1.82) is 0 Å². The fraction of sp³-hybridized carbons (Fsp3) is 0.703. The number of ether oxygens (including phenoxy) is 4. The summed E-state index contributed by atoms with van der Waals surface area (Å²) in [5.41, 5.74) is -2.80. The lowest BCUT2D eigenvalue weighted by atomic mass is 9.86. The average Bonchev–Trinajstić information content (AvgIpc) is 3.11. The summed E-state index contributed by atoms with van der Waals surface area (Å²) in [6, 6.07) is -3.98. The van der Waals surface area contributed by atoms with E-state index in [0.29, 0.717) is 25.7 Å². The summed E-state index contributed by atoms with van der Waals surface area (Å²) >= 11 is 0. The molecule has 0 radical (unpaired) electrons. The molecule has 0 saturated carbocycles. The molecule has 0 spiro atoms. The van der Waals surface area contributed by atoms with Crippen LogP contribution in [0.5, 0.6) is 0 Å². The van der Waals surface area contributed by atoms with Gasteiger partial charge in [0, 0.05) is 37.8 Å². The maximum atomic E-state index is 13.5. The lowest BCUT2D eigenvalue weighted by Crippen LogP contribution is -2.61. The molecule has 0 aromatic carbocycles. The van der Waals surface area contributed by atoms with E-state index in [2.05, 4.69) is 21.3 Å². The summed E-state index contributed by atoms with van der Waals surface area (Å²) in [5.74, 6) is -6.51. The Kier molecular flexibility index (Phi) is 18.9. The Morgan fingerprint density at radius 3 is 1.38 bits per heavy atom. The highest BCUT2D eigenvalue weighted by Gasteiger charge is 2.45. The smallest absolute Gasteiger partial charge is 0.336 e. The predicted octanol–water partition coefficient (Wildman–Crippen LogP) is 0.425. The minimum absolute atomic E-state index is 0.00806. The van der Waals surface area contributed by atoms with Crippen molar-refractivity contribution in [1.82, 2.24) is 21.3 Å². The Morgan fingerprint density at radius 1 is 0.691 bits per heavy atom. The van der Waals surface area contributed by atoms with Crippen molar-refractivity contribution in [3.8, 4) is 0 Å². The number of rotatable bonds is 21. The zero-order valence-corrected chi connectivity index (χ0v) is 32.7. The van der Waals surface area contributed by atoms with Crippen LogP contribution >= 0.6 is 0 Å². The molecule has 1 unspecified atom stereocenters. The summed E-state index contributed by atoms with van der Waals surface area (Å²) in [6.07, 6.45) is 0.276. The molecule has 0 aromatic rings. The molecule has 0 fully saturated rings. The van der Waals surface area contributed by atoms with Crippen molar-refractivity contribution in [2.24, 2.45) is 0 Å². The first kappa shape index (κ1) is 46.8. The Bertz CT molecular complexity index is 1340. The monoisotopic (exact) mass is 782 g/mol. The van der Waals surface area contributed by atoms with Gasteiger partial charge >= 0.3 is 17.9 Å². The zero-order valence-electron chi connectivity index (χ0n) is 32.7. The van der Waals surface area contributed by atoms with Gasteiger partial charge in [-0.15, -0.1) is 0 Å². The van der Waals surface area contributed by atoms with Gasteiger partial charge in [0.25, 0.3) is 0 Å². The van der Waals surface area contributed by atoms with Gasteiger partial charge < -0.3 is 55.5 Å². The van der Waals surface area contributed by atoms with Crippen LogP contribution in [0.4, 0.5) is 0 Å². The van der Waals surface area contributed by atoms with E-state index in [0.717, 1.165) is 0 Å². The summed E-state index contributed by atoms with van der Waals surface area (Å²) in [5, 5.41) is 41.2. The van der Waals surface area contributed by atoms with Crippen molar-refractivity contribution in [3.63, 3.8) is 0 Å². The van der Waals surface area contributed by atoms with Gasteiger partial charge in [0.2, 0.25) is 23.6 Å². The van der Waals surface area contributed by atoms with E-state index >= 15 is 0 Å². The highest BCUT2D eigenvalue weighted by molar-refractivity contribution is 5.93. The molecule has 18 heteroatoms. The molecule has 0 bridgehead atoms. The number of nitrogens with one attached hydrogen (secondary N) is 4. The molecular weight excluding hydrogens is 724 g/mol. The van der Waals surface area contributed by atoms with E-state index in [-0.39, 0.29) is 42.8 Å². The van der Waals surface area contributed by atoms with Crippen LogP contribution in [-0.4, -0.2) is 124 Å². The highest BCUT2D eigenvalue weighted by Crippen LogP contribution is 2.28. The third kappa shape index (κ3) is 14.0. The van der Waals surface area contributed by atoms with Crippen LogP contribution in [-0.2, 0) is 52.5 Å². The number of aliphatic carboxylic acids is 1. The highest BCUT2D eigenvalue weighted by atomic mass is 16.6. The molecule has 4 amide bonds. The third-order valence-electron chi connectivity index (χ3n) is 9.44. The maximum Gasteiger partial charge on any atom is 0.336 e. The second-order valence-electron chi connectivity index (χ2n) is 13.6. The normalized spacial score (nSPS) is 23.4. The van der Waals surface area contributed by atoms with Crippen LogP contribution in [0, 0.1) is 0 Å². The lowest BCUT2D eigenvalue weighted by molar-refractivity contribution is -0.164. The number of hydrogen-bond donors (Lipinski definition) is 7. The molecule has 0 aliphatic heterocycles. The van der Waals surface area contributed by atoms with E-state index < -0.39 is 103 Å². The first-order valence-corrected chi connectivity index (χ1v) is 18.7. The van der Waals surface area contributed by atoms with Crippen LogP contribution < -0.4 is 21.3 Å². The predicted molar refractivity (Wildman–Crippen MR) is 195 cm³/mol. The summed E-state index contributed by atoms with van der Waals surface area (Å²) in [6.45, 7) is 10.8. The second-order valence-corrected chi connectivity index (χ2v) is 13.6. The minimum Gasteiger partial charge on any atom is -0.479 e. The molecule has 2 aliphatic rings. The second kappa shape index (κ2) is 22.2. The van der Waals surface area contributed by atoms with Gasteiger partial charge in [-0.2, -0.15) is 0 Å². The van der Waals surface area contributed by atoms with Gasteiger partial charge in [-0.05, 0) is 44.8 Å². The van der Waals surface area contributed by atoms with Crippen molar-refractivity contribution in [2.75, 3.05) is 13.4 Å². The minimum atomic E-state index is -2.96. The van der Waals surface area contributed by atoms with Crippen LogP contribution in [0.1, 0.15) is 99.8 Å². The molecule has 2 aliphatic carbocycles. The van der Waals surface area contributed by atoms with Crippen molar-refractivity contribution in [2.45, 2.75) is 154 Å². The van der Waals surface area contributed by atoms with Crippen LogP contribution in [0.25, 0.3) is 0 Å². The van der Waals surface area contributed by atoms with Gasteiger partial charge in [0.05, 0.1) is 68.0 Å². The Balaban J connectivity index is 2.38. The Labute approximate surface area is 321 Å². The summed E-state index contributed by atoms with van der Waals surface area (Å²) in [7, 11) is 0. The van der Waals surface area contributed by atoms with Crippen LogP contribution in [0.3, 0.4) is 0 Å². The SMILES string of the molecule is CCOC(=O)C1=C[C@@H](OC(CC)CC)[C@H](NC(C)=O)[C@@H](NC(=O)CC(O)(CC(=O)N[C@H]2CC(C(=O)OCO)=C[C@@H](OC(CC)CC)[C@@H]2NC(C)=O)C(=O)O)C1. The van der Waals surface area contributed by atoms with Gasteiger partial charge in [0.1, 0.15) is 0 Å². The van der Waals surface area contributed by atoms with E-state index in [9.17, 15) is 48.9 Å². The quantitative estimate of drug-likeness (QED) is 0.0615. The molecule has 18 nitrogen and oxygen atoms in total. The molecule has 2 rings (SSSR count). The molecule has 7 atom stereocenters. The molecule has 0 aromatic heterocycles. The van der Waals surface area contributed by atoms with Crippen molar-refractivity contribution in [3.05, 3.63) is 23.3 Å². The summed E-state index contributed by atoms with van der Waals surface area (Å²) < 4.78 is 22.3. The number of hydrogen-bond acceptors (Lipinski definition) is 13. The molecule has 0 heterocycles. The van der Waals surface area contributed by atoms with E-state index in [1.54, 1.807) is 6.92 Å². The first-order chi connectivity index (χ1) is 25.9. The molecule has 310 valence electrons. The first-order valence-electron chi connectivity index (χ1n) is 18.7. The number of carbonyl (C=O) groups is 7. The molecule has 55 heavy (non-hydrogen) atoms. The number of aliphatic hydroxyl groups excluding tert-OH is 1. The van der Waals surface area contributed by atoms with Gasteiger partial charge in [0.15, 0.2) is 12.4 Å². The van der Waals surface area contributed by atoms with Crippen molar-refractivity contribution >= 4 is 41.5 Å². The van der Waals surface area contributed by atoms with E-state index in [4.69, 9.17) is 18.9 Å². The fourth-order valence-corrected chi connectivity index (χ4v) is 6.64. The maximum absolute atomic E-state index is 13.5. The van der Waals surface area contributed by atoms with Gasteiger partial charge in [-0.1, -0.05) is 27.7 Å². The van der Waals surface area contributed by atoms with Gasteiger partial charge in [-0.25, -0.2) is 14.4 Å². The topological polar surface area (TPSA) is 265 Å². The van der Waals surface area contributed by atoms with E-state index in [1.165, 1.54) is 26.0 Å². The lowest BCUT2D eigenvalue weighted by Gasteiger charge is -2.39.